The Morgan fingerprint density at radius 3 is 2.77 bits per heavy atom. The third kappa shape index (κ3) is 3.44. The van der Waals surface area contributed by atoms with Crippen molar-refractivity contribution in [2.24, 2.45) is 5.92 Å². The van der Waals surface area contributed by atoms with Gasteiger partial charge in [-0.15, -0.1) is 0 Å². The number of hydrogen-bond acceptors (Lipinski definition) is 5. The van der Waals surface area contributed by atoms with Crippen molar-refractivity contribution in [3.05, 3.63) is 27.5 Å². The van der Waals surface area contributed by atoms with Crippen LogP contribution in [0.4, 0.5) is 0 Å². The molecule has 0 aliphatic carbocycles. The second kappa shape index (κ2) is 6.97. The maximum atomic E-state index is 12.5. The van der Waals surface area contributed by atoms with Crippen molar-refractivity contribution in [3.63, 3.8) is 0 Å². The van der Waals surface area contributed by atoms with Crippen LogP contribution in [0.2, 0.25) is 0 Å². The number of carbonyl (C=O) groups excluding carboxylic acids is 1. The van der Waals surface area contributed by atoms with E-state index < -0.39 is 17.9 Å². The second-order valence-corrected chi connectivity index (χ2v) is 7.32. The van der Waals surface area contributed by atoms with Crippen LogP contribution in [0.15, 0.2) is 26.1 Å². The lowest BCUT2D eigenvalue weighted by Gasteiger charge is -2.27. The number of carbonyl (C=O) groups is 2. The first-order valence-corrected chi connectivity index (χ1v) is 8.62. The summed E-state index contributed by atoms with van der Waals surface area (Å²) in [5, 5.41) is 9.44. The van der Waals surface area contributed by atoms with Gasteiger partial charge in [0, 0.05) is 6.08 Å². The quantitative estimate of drug-likeness (QED) is 0.596. The second-order valence-electron chi connectivity index (χ2n) is 4.86. The average molecular weight is 404 g/mol. The van der Waals surface area contributed by atoms with Crippen LogP contribution in [-0.4, -0.2) is 32.2 Å². The summed E-state index contributed by atoms with van der Waals surface area (Å²) in [5.41, 5.74) is 0. The summed E-state index contributed by atoms with van der Waals surface area (Å²) in [6.07, 6.45) is 2.21. The van der Waals surface area contributed by atoms with E-state index in [9.17, 15) is 14.7 Å². The Hall–Kier alpha value is -1.12. The Balaban J connectivity index is 2.32. The van der Waals surface area contributed by atoms with Gasteiger partial charge in [-0.25, -0.2) is 4.79 Å². The number of thioether (sulfide) groups is 1. The fourth-order valence-electron chi connectivity index (χ4n) is 2.09. The van der Waals surface area contributed by atoms with E-state index in [-0.39, 0.29) is 10.2 Å². The summed E-state index contributed by atoms with van der Waals surface area (Å²) in [7, 11) is 0. The molecule has 1 saturated heterocycles. The number of furan rings is 1. The number of carboxylic acid groups (broad SMARTS) is 1. The van der Waals surface area contributed by atoms with Crippen LogP contribution >= 0.6 is 39.9 Å². The highest BCUT2D eigenvalue weighted by molar-refractivity contribution is 9.10. The van der Waals surface area contributed by atoms with Crippen molar-refractivity contribution >= 4 is 62.2 Å². The molecule has 1 fully saturated rings. The van der Waals surface area contributed by atoms with E-state index in [4.69, 9.17) is 16.6 Å². The van der Waals surface area contributed by atoms with Gasteiger partial charge >= 0.3 is 5.97 Å². The van der Waals surface area contributed by atoms with Crippen LogP contribution in [0.1, 0.15) is 26.0 Å². The molecule has 2 atom stereocenters. The van der Waals surface area contributed by atoms with Crippen LogP contribution in [0.5, 0.6) is 0 Å². The Morgan fingerprint density at radius 1 is 1.59 bits per heavy atom. The van der Waals surface area contributed by atoms with E-state index in [1.807, 2.05) is 6.92 Å². The number of nitrogens with zero attached hydrogens (tertiary/aromatic N) is 1. The standard InChI is InChI=1S/C14H14BrNO4S2/c1-3-7(2)11(13(18)19)16-12(17)9(22-14(16)21)6-8-4-5-10(15)20-8/h4-7,11H,3H2,1-2H3,(H,18,19)/b9-6+/t7-,11-/m0/s1. The summed E-state index contributed by atoms with van der Waals surface area (Å²) in [6.45, 7) is 3.68. The first kappa shape index (κ1) is 17.2. The maximum Gasteiger partial charge on any atom is 0.327 e. The zero-order valence-corrected chi connectivity index (χ0v) is 15.1. The highest BCUT2D eigenvalue weighted by atomic mass is 79.9. The largest absolute Gasteiger partial charge is 0.480 e. The molecule has 118 valence electrons. The van der Waals surface area contributed by atoms with Crippen molar-refractivity contribution in [1.82, 2.24) is 4.90 Å². The van der Waals surface area contributed by atoms with Gasteiger partial charge in [-0.1, -0.05) is 44.2 Å². The van der Waals surface area contributed by atoms with Gasteiger partial charge in [0.2, 0.25) is 0 Å². The van der Waals surface area contributed by atoms with E-state index in [1.54, 1.807) is 25.1 Å². The normalized spacial score (nSPS) is 19.8. The molecular formula is C14H14BrNO4S2. The smallest absolute Gasteiger partial charge is 0.327 e. The van der Waals surface area contributed by atoms with Gasteiger partial charge < -0.3 is 9.52 Å². The Bertz CT molecular complexity index is 655. The molecule has 0 bridgehead atoms. The van der Waals surface area contributed by atoms with E-state index in [1.165, 1.54) is 4.90 Å². The Labute approximate surface area is 145 Å². The number of hydrogen-bond donors (Lipinski definition) is 1. The monoisotopic (exact) mass is 403 g/mol. The van der Waals surface area contributed by atoms with Crippen molar-refractivity contribution in [2.45, 2.75) is 26.3 Å². The zero-order chi connectivity index (χ0) is 16.4. The lowest BCUT2D eigenvalue weighted by molar-refractivity contribution is -0.147. The van der Waals surface area contributed by atoms with Gasteiger partial charge in [-0.2, -0.15) is 0 Å². The molecule has 22 heavy (non-hydrogen) atoms. The zero-order valence-electron chi connectivity index (χ0n) is 11.9. The molecule has 1 aliphatic heterocycles. The minimum absolute atomic E-state index is 0.197. The number of amides is 1. The number of aliphatic carboxylic acids is 1. The van der Waals surface area contributed by atoms with Crippen LogP contribution in [-0.2, 0) is 9.59 Å². The maximum absolute atomic E-state index is 12.5. The molecule has 2 rings (SSSR count). The molecule has 1 aromatic rings. The first-order valence-electron chi connectivity index (χ1n) is 6.60. The summed E-state index contributed by atoms with van der Waals surface area (Å²) >= 11 is 9.48. The Morgan fingerprint density at radius 2 is 2.27 bits per heavy atom. The molecule has 1 aliphatic rings. The van der Waals surface area contributed by atoms with Gasteiger partial charge in [-0.05, 0) is 34.0 Å². The lowest BCUT2D eigenvalue weighted by Crippen LogP contribution is -2.47. The van der Waals surface area contributed by atoms with E-state index >= 15 is 0 Å². The topological polar surface area (TPSA) is 70.8 Å². The predicted octanol–water partition coefficient (Wildman–Crippen LogP) is 3.74. The fraction of sp³-hybridized carbons (Fsp3) is 0.357. The molecule has 2 heterocycles. The van der Waals surface area contributed by atoms with Crippen molar-refractivity contribution < 1.29 is 19.1 Å². The van der Waals surface area contributed by atoms with E-state index in [0.717, 1.165) is 11.8 Å². The SMILES string of the molecule is CC[C@H](C)[C@@H](C(=O)O)N1C(=O)/C(=C\c2ccc(Br)o2)SC1=S. The van der Waals surface area contributed by atoms with Crippen LogP contribution in [0.3, 0.4) is 0 Å². The van der Waals surface area contributed by atoms with Gasteiger partial charge in [-0.3, -0.25) is 9.69 Å². The molecule has 1 amide bonds. The van der Waals surface area contributed by atoms with Crippen molar-refractivity contribution in [2.75, 3.05) is 0 Å². The minimum Gasteiger partial charge on any atom is -0.480 e. The highest BCUT2D eigenvalue weighted by Crippen LogP contribution is 2.36. The van der Waals surface area contributed by atoms with E-state index in [0.29, 0.717) is 21.8 Å². The third-order valence-corrected chi connectivity index (χ3v) is 5.16. The van der Waals surface area contributed by atoms with Crippen molar-refractivity contribution in [1.29, 1.82) is 0 Å². The number of thiocarbonyl (C=S) groups is 1. The number of rotatable bonds is 5. The molecule has 1 aromatic heterocycles. The number of carboxylic acids is 1. The summed E-state index contributed by atoms with van der Waals surface area (Å²) in [6, 6.07) is 2.47. The van der Waals surface area contributed by atoms with Crippen LogP contribution in [0.25, 0.3) is 6.08 Å². The molecule has 0 spiro atoms. The fourth-order valence-corrected chi connectivity index (χ4v) is 3.71. The molecule has 0 saturated carbocycles. The molecule has 5 nitrogen and oxygen atoms in total. The van der Waals surface area contributed by atoms with Crippen LogP contribution < -0.4 is 0 Å². The van der Waals surface area contributed by atoms with Gasteiger partial charge in [0.1, 0.15) is 16.1 Å². The lowest BCUT2D eigenvalue weighted by atomic mass is 9.98. The minimum atomic E-state index is -1.05. The first-order chi connectivity index (χ1) is 10.3. The average Bonchev–Trinajstić information content (AvgIpc) is 2.97. The van der Waals surface area contributed by atoms with Crippen LogP contribution in [0, 0.1) is 5.92 Å². The molecule has 0 radical (unpaired) electrons. The third-order valence-electron chi connectivity index (χ3n) is 3.41. The predicted molar refractivity (Wildman–Crippen MR) is 92.3 cm³/mol. The van der Waals surface area contributed by atoms with Gasteiger partial charge in [0.25, 0.3) is 5.91 Å². The molecular weight excluding hydrogens is 390 g/mol. The van der Waals surface area contributed by atoms with Gasteiger partial charge in [0.05, 0.1) is 4.91 Å². The van der Waals surface area contributed by atoms with E-state index in [2.05, 4.69) is 15.9 Å². The summed E-state index contributed by atoms with van der Waals surface area (Å²) in [4.78, 5) is 25.6. The number of halogens is 1. The summed E-state index contributed by atoms with van der Waals surface area (Å²) < 4.78 is 6.15. The van der Waals surface area contributed by atoms with Gasteiger partial charge in [0.15, 0.2) is 4.67 Å². The Kier molecular flexibility index (Phi) is 5.46. The molecule has 1 N–H and O–H groups in total. The molecule has 0 unspecified atom stereocenters. The molecule has 8 heteroatoms. The molecule has 0 aromatic carbocycles. The highest BCUT2D eigenvalue weighted by Gasteiger charge is 2.42. The summed E-state index contributed by atoms with van der Waals surface area (Å²) in [5.74, 6) is -1.14. The van der Waals surface area contributed by atoms with Crippen molar-refractivity contribution in [3.8, 4) is 0 Å².